The van der Waals surface area contributed by atoms with Crippen LogP contribution in [0.15, 0.2) is 0 Å². The van der Waals surface area contributed by atoms with E-state index in [1.807, 2.05) is 11.8 Å². The van der Waals surface area contributed by atoms with Crippen LogP contribution in [-0.4, -0.2) is 47.8 Å². The van der Waals surface area contributed by atoms with Crippen LogP contribution in [0.25, 0.3) is 0 Å². The Bertz CT molecular complexity index is 154. The first-order chi connectivity index (χ1) is 6.79. The van der Waals surface area contributed by atoms with Gasteiger partial charge < -0.3 is 10.0 Å². The molecule has 1 fully saturated rings. The van der Waals surface area contributed by atoms with Gasteiger partial charge in [-0.15, -0.1) is 0 Å². The summed E-state index contributed by atoms with van der Waals surface area (Å²) in [4.78, 5) is 2.49. The topological polar surface area (TPSA) is 23.5 Å². The molecule has 84 valence electrons. The van der Waals surface area contributed by atoms with E-state index < -0.39 is 0 Å². The van der Waals surface area contributed by atoms with E-state index in [1.165, 1.54) is 19.3 Å². The SMILES string of the molecule is CSC1CCCC1N(C)CCCCO. The number of nitrogens with zero attached hydrogens (tertiary/aromatic N) is 1. The van der Waals surface area contributed by atoms with Crippen LogP contribution in [-0.2, 0) is 0 Å². The molecule has 0 radical (unpaired) electrons. The quantitative estimate of drug-likeness (QED) is 0.688. The Kier molecular flexibility index (Phi) is 5.90. The molecule has 14 heavy (non-hydrogen) atoms. The summed E-state index contributed by atoms with van der Waals surface area (Å²) in [7, 11) is 2.23. The van der Waals surface area contributed by atoms with Crippen LogP contribution in [0.3, 0.4) is 0 Å². The van der Waals surface area contributed by atoms with Gasteiger partial charge in [-0.25, -0.2) is 0 Å². The van der Waals surface area contributed by atoms with E-state index in [-0.39, 0.29) is 0 Å². The fourth-order valence-corrected chi connectivity index (χ4v) is 3.38. The molecular formula is C11H23NOS. The zero-order chi connectivity index (χ0) is 10.4. The lowest BCUT2D eigenvalue weighted by atomic mass is 10.2. The van der Waals surface area contributed by atoms with Crippen molar-refractivity contribution in [2.75, 3.05) is 26.5 Å². The van der Waals surface area contributed by atoms with Gasteiger partial charge in [0.2, 0.25) is 0 Å². The molecule has 0 aromatic rings. The van der Waals surface area contributed by atoms with Crippen LogP contribution in [0.5, 0.6) is 0 Å². The van der Waals surface area contributed by atoms with E-state index in [4.69, 9.17) is 5.11 Å². The number of hydrogen-bond acceptors (Lipinski definition) is 3. The monoisotopic (exact) mass is 217 g/mol. The molecule has 0 aromatic carbocycles. The smallest absolute Gasteiger partial charge is 0.0431 e. The van der Waals surface area contributed by atoms with E-state index in [0.29, 0.717) is 6.61 Å². The fraction of sp³-hybridized carbons (Fsp3) is 1.00. The fourth-order valence-electron chi connectivity index (χ4n) is 2.32. The third-order valence-corrected chi connectivity index (χ3v) is 4.36. The van der Waals surface area contributed by atoms with Crippen LogP contribution in [0.2, 0.25) is 0 Å². The third kappa shape index (κ3) is 3.44. The highest BCUT2D eigenvalue weighted by molar-refractivity contribution is 7.99. The minimum Gasteiger partial charge on any atom is -0.396 e. The summed E-state index contributed by atoms with van der Waals surface area (Å²) in [5.41, 5.74) is 0. The van der Waals surface area contributed by atoms with Crippen LogP contribution < -0.4 is 0 Å². The van der Waals surface area contributed by atoms with E-state index in [0.717, 1.165) is 30.7 Å². The van der Waals surface area contributed by atoms with Gasteiger partial charge in [0.1, 0.15) is 0 Å². The number of unbranched alkanes of at least 4 members (excludes halogenated alkanes) is 1. The molecule has 1 aliphatic rings. The Morgan fingerprint density at radius 2 is 2.14 bits per heavy atom. The van der Waals surface area contributed by atoms with Crippen molar-refractivity contribution in [1.82, 2.24) is 4.90 Å². The van der Waals surface area contributed by atoms with Crippen molar-refractivity contribution in [3.05, 3.63) is 0 Å². The molecule has 0 aliphatic heterocycles. The van der Waals surface area contributed by atoms with Gasteiger partial charge in [-0.2, -0.15) is 11.8 Å². The second kappa shape index (κ2) is 6.70. The lowest BCUT2D eigenvalue weighted by molar-refractivity contribution is 0.227. The Hall–Kier alpha value is 0.270. The summed E-state index contributed by atoms with van der Waals surface area (Å²) < 4.78 is 0. The lowest BCUT2D eigenvalue weighted by Crippen LogP contribution is -2.36. The Labute approximate surface area is 92.1 Å². The van der Waals surface area contributed by atoms with Crippen LogP contribution in [0, 0.1) is 0 Å². The summed E-state index contributed by atoms with van der Waals surface area (Å²) in [5.74, 6) is 0. The second-order valence-corrected chi connectivity index (χ2v) is 5.26. The number of rotatable bonds is 6. The average molecular weight is 217 g/mol. The van der Waals surface area contributed by atoms with Gasteiger partial charge in [-0.1, -0.05) is 6.42 Å². The molecule has 2 atom stereocenters. The van der Waals surface area contributed by atoms with Crippen molar-refractivity contribution in [2.45, 2.75) is 43.4 Å². The van der Waals surface area contributed by atoms with E-state index in [2.05, 4.69) is 18.2 Å². The number of aliphatic hydroxyl groups excluding tert-OH is 1. The van der Waals surface area contributed by atoms with Crippen molar-refractivity contribution in [3.63, 3.8) is 0 Å². The molecule has 2 nitrogen and oxygen atoms in total. The van der Waals surface area contributed by atoms with Crippen molar-refractivity contribution in [1.29, 1.82) is 0 Å². The van der Waals surface area contributed by atoms with E-state index >= 15 is 0 Å². The first-order valence-corrected chi connectivity index (χ1v) is 6.92. The molecule has 1 N–H and O–H groups in total. The zero-order valence-corrected chi connectivity index (χ0v) is 10.2. The molecule has 2 unspecified atom stereocenters. The predicted molar refractivity (Wildman–Crippen MR) is 63.9 cm³/mol. The molecule has 1 saturated carbocycles. The standard InChI is InChI=1S/C11H23NOS/c1-12(8-3-4-9-13)10-6-5-7-11(10)14-2/h10-11,13H,3-9H2,1-2H3. The highest BCUT2D eigenvalue weighted by atomic mass is 32.2. The summed E-state index contributed by atoms with van der Waals surface area (Å²) in [6.07, 6.45) is 8.44. The highest BCUT2D eigenvalue weighted by Crippen LogP contribution is 2.31. The molecule has 0 bridgehead atoms. The minimum absolute atomic E-state index is 0.338. The molecule has 0 spiro atoms. The highest BCUT2D eigenvalue weighted by Gasteiger charge is 2.29. The molecule has 0 aromatic heterocycles. The molecule has 0 saturated heterocycles. The number of thioether (sulfide) groups is 1. The zero-order valence-electron chi connectivity index (χ0n) is 9.41. The van der Waals surface area contributed by atoms with Gasteiger partial charge in [-0.05, 0) is 45.5 Å². The summed E-state index contributed by atoms with van der Waals surface area (Å²) in [6, 6.07) is 0.781. The maximum absolute atomic E-state index is 8.72. The van der Waals surface area contributed by atoms with Gasteiger partial charge in [0, 0.05) is 17.9 Å². The summed E-state index contributed by atoms with van der Waals surface area (Å²) in [5, 5.41) is 9.56. The number of aliphatic hydroxyl groups is 1. The third-order valence-electron chi connectivity index (χ3n) is 3.21. The van der Waals surface area contributed by atoms with Crippen molar-refractivity contribution >= 4 is 11.8 Å². The summed E-state index contributed by atoms with van der Waals surface area (Å²) in [6.45, 7) is 1.48. The first kappa shape index (κ1) is 12.3. The molecule has 3 heteroatoms. The lowest BCUT2D eigenvalue weighted by Gasteiger charge is -2.28. The molecule has 1 rings (SSSR count). The predicted octanol–water partition coefficient (Wildman–Crippen LogP) is 1.97. The van der Waals surface area contributed by atoms with E-state index in [1.54, 1.807) is 0 Å². The minimum atomic E-state index is 0.338. The van der Waals surface area contributed by atoms with E-state index in [9.17, 15) is 0 Å². The van der Waals surface area contributed by atoms with Gasteiger partial charge in [0.25, 0.3) is 0 Å². The number of hydrogen-bond donors (Lipinski definition) is 1. The van der Waals surface area contributed by atoms with Crippen LogP contribution in [0.1, 0.15) is 32.1 Å². The van der Waals surface area contributed by atoms with Gasteiger partial charge in [0.05, 0.1) is 0 Å². The average Bonchev–Trinajstić information content (AvgIpc) is 2.65. The second-order valence-electron chi connectivity index (χ2n) is 4.18. The normalized spacial score (nSPS) is 27.4. The maximum Gasteiger partial charge on any atom is 0.0431 e. The molecule has 1 aliphatic carbocycles. The van der Waals surface area contributed by atoms with Crippen molar-refractivity contribution in [2.24, 2.45) is 0 Å². The molecule has 0 amide bonds. The molecule has 0 heterocycles. The summed E-state index contributed by atoms with van der Waals surface area (Å²) >= 11 is 2.02. The molecular weight excluding hydrogens is 194 g/mol. The Morgan fingerprint density at radius 3 is 2.79 bits per heavy atom. The largest absolute Gasteiger partial charge is 0.396 e. The van der Waals surface area contributed by atoms with Crippen LogP contribution in [0.4, 0.5) is 0 Å². The van der Waals surface area contributed by atoms with Gasteiger partial charge >= 0.3 is 0 Å². The first-order valence-electron chi connectivity index (χ1n) is 5.63. The maximum atomic E-state index is 8.72. The Balaban J connectivity index is 2.24. The van der Waals surface area contributed by atoms with Gasteiger partial charge in [-0.3, -0.25) is 0 Å². The van der Waals surface area contributed by atoms with Gasteiger partial charge in [0.15, 0.2) is 0 Å². The Morgan fingerprint density at radius 1 is 1.36 bits per heavy atom. The van der Waals surface area contributed by atoms with Crippen LogP contribution >= 0.6 is 11.8 Å². The van der Waals surface area contributed by atoms with Crippen molar-refractivity contribution in [3.8, 4) is 0 Å². The van der Waals surface area contributed by atoms with Crippen molar-refractivity contribution < 1.29 is 5.11 Å².